The van der Waals surface area contributed by atoms with Gasteiger partial charge >= 0.3 is 12.2 Å². The molecule has 0 spiro atoms. The van der Waals surface area contributed by atoms with E-state index in [1.807, 2.05) is 25.1 Å². The molecule has 9 heteroatoms. The topological polar surface area (TPSA) is 54.5 Å². The minimum atomic E-state index is -4.53. The number of likely N-dealkylation sites (tertiary alicyclic amines) is 1. The number of urea groups is 1. The van der Waals surface area contributed by atoms with Gasteiger partial charge < -0.3 is 15.0 Å². The summed E-state index contributed by atoms with van der Waals surface area (Å²) in [5.74, 6) is 0. The number of benzene rings is 2. The van der Waals surface area contributed by atoms with Crippen molar-refractivity contribution in [2.45, 2.75) is 32.0 Å². The maximum absolute atomic E-state index is 13.1. The lowest BCUT2D eigenvalue weighted by atomic mass is 10.1. The van der Waals surface area contributed by atoms with E-state index >= 15 is 0 Å². The van der Waals surface area contributed by atoms with E-state index in [1.165, 1.54) is 34.4 Å². The number of nitrogens with one attached hydrogen (secondary N) is 1. The molecule has 1 aromatic heterocycles. The van der Waals surface area contributed by atoms with Gasteiger partial charge in [-0.05, 0) is 30.7 Å². The molecule has 1 fully saturated rings. The molecule has 2 heterocycles. The van der Waals surface area contributed by atoms with Crippen LogP contribution in [0.3, 0.4) is 0 Å². The molecule has 0 unspecified atom stereocenters. The second kappa shape index (κ2) is 8.14. The smallest absolute Gasteiger partial charge is 0.418 e. The highest BCUT2D eigenvalue weighted by atomic mass is 32.1. The molecular weight excluding hydrogens is 415 g/mol. The number of aromatic nitrogens is 1. The molecule has 0 atom stereocenters. The first kappa shape index (κ1) is 20.5. The van der Waals surface area contributed by atoms with E-state index in [9.17, 15) is 18.0 Å². The van der Waals surface area contributed by atoms with Gasteiger partial charge in [0.15, 0.2) is 0 Å². The van der Waals surface area contributed by atoms with Crippen molar-refractivity contribution in [2.75, 3.05) is 18.4 Å². The molecule has 2 amide bonds. The van der Waals surface area contributed by atoms with Crippen molar-refractivity contribution in [1.82, 2.24) is 9.88 Å². The van der Waals surface area contributed by atoms with Crippen LogP contribution in [0.2, 0.25) is 0 Å². The van der Waals surface area contributed by atoms with Gasteiger partial charge in [-0.1, -0.05) is 35.6 Å². The number of hydrogen-bond donors (Lipinski definition) is 1. The molecule has 1 N–H and O–H groups in total. The van der Waals surface area contributed by atoms with Crippen LogP contribution >= 0.6 is 11.3 Å². The Morgan fingerprint density at radius 3 is 2.60 bits per heavy atom. The van der Waals surface area contributed by atoms with Crippen LogP contribution in [0.15, 0.2) is 42.5 Å². The summed E-state index contributed by atoms with van der Waals surface area (Å²) in [6, 6.07) is 10.4. The van der Waals surface area contributed by atoms with Crippen LogP contribution in [0, 0.1) is 6.92 Å². The quantitative estimate of drug-likeness (QED) is 0.574. The van der Waals surface area contributed by atoms with Gasteiger partial charge in [-0.2, -0.15) is 13.2 Å². The Balaban J connectivity index is 1.35. The average Bonchev–Trinajstić information content (AvgIpc) is 3.12. The van der Waals surface area contributed by atoms with Crippen molar-refractivity contribution in [3.63, 3.8) is 0 Å². The van der Waals surface area contributed by atoms with E-state index in [0.717, 1.165) is 21.8 Å². The van der Waals surface area contributed by atoms with Gasteiger partial charge in [0.1, 0.15) is 6.10 Å². The Morgan fingerprint density at radius 1 is 1.17 bits per heavy atom. The highest BCUT2D eigenvalue weighted by Crippen LogP contribution is 2.35. The first-order chi connectivity index (χ1) is 14.3. The molecule has 5 nitrogen and oxygen atoms in total. The van der Waals surface area contributed by atoms with Crippen LogP contribution in [0.4, 0.5) is 23.7 Å². The fourth-order valence-electron chi connectivity index (χ4n) is 3.47. The van der Waals surface area contributed by atoms with E-state index < -0.39 is 17.8 Å². The molecule has 0 radical (unpaired) electrons. The zero-order valence-corrected chi connectivity index (χ0v) is 17.0. The standard InChI is InChI=1S/C21H20F3N3O2S/c1-13-5-4-8-17-18(13)26-20(30-17)29-14-9-11-27(12-10-14)19(28)25-16-7-3-2-6-15(16)21(22,23)24/h2-8,14H,9-12H2,1H3,(H,25,28). The lowest BCUT2D eigenvalue weighted by Gasteiger charge is -2.31. The number of anilines is 1. The normalized spacial score (nSPS) is 15.4. The number of aryl methyl sites for hydroxylation is 1. The Kier molecular flexibility index (Phi) is 5.55. The molecule has 1 aliphatic heterocycles. The third-order valence-electron chi connectivity index (χ3n) is 5.07. The zero-order valence-electron chi connectivity index (χ0n) is 16.2. The number of carbonyl (C=O) groups excluding carboxylic acids is 1. The van der Waals surface area contributed by atoms with Crippen molar-refractivity contribution in [2.24, 2.45) is 0 Å². The van der Waals surface area contributed by atoms with Crippen LogP contribution in [-0.2, 0) is 6.18 Å². The SMILES string of the molecule is Cc1cccc2sc(OC3CCN(C(=O)Nc4ccccc4C(F)(F)F)CC3)nc12. The van der Waals surface area contributed by atoms with E-state index in [2.05, 4.69) is 10.3 Å². The van der Waals surface area contributed by atoms with Gasteiger partial charge in [-0.25, -0.2) is 9.78 Å². The molecule has 2 aromatic carbocycles. The molecule has 1 saturated heterocycles. The lowest BCUT2D eigenvalue weighted by molar-refractivity contribution is -0.136. The maximum atomic E-state index is 13.1. The van der Waals surface area contributed by atoms with Crippen LogP contribution in [0.5, 0.6) is 5.19 Å². The molecule has 0 bridgehead atoms. The van der Waals surface area contributed by atoms with Crippen molar-refractivity contribution in [3.05, 3.63) is 53.6 Å². The maximum Gasteiger partial charge on any atom is 0.418 e. The van der Waals surface area contributed by atoms with Gasteiger partial charge in [0.05, 0.1) is 21.5 Å². The van der Waals surface area contributed by atoms with E-state index in [4.69, 9.17) is 4.74 Å². The molecule has 4 rings (SSSR count). The van der Waals surface area contributed by atoms with Gasteiger partial charge in [-0.3, -0.25) is 0 Å². The molecule has 0 saturated carbocycles. The number of nitrogens with zero attached hydrogens (tertiary/aromatic N) is 2. The third kappa shape index (κ3) is 4.35. The van der Waals surface area contributed by atoms with E-state index in [0.29, 0.717) is 31.1 Å². The molecule has 158 valence electrons. The van der Waals surface area contributed by atoms with E-state index in [-0.39, 0.29) is 11.8 Å². The first-order valence-corrected chi connectivity index (χ1v) is 10.4. The predicted molar refractivity (Wildman–Crippen MR) is 110 cm³/mol. The zero-order chi connectivity index (χ0) is 21.3. The Hall–Kier alpha value is -2.81. The number of piperidine rings is 1. The first-order valence-electron chi connectivity index (χ1n) is 9.56. The summed E-state index contributed by atoms with van der Waals surface area (Å²) < 4.78 is 46.4. The Labute approximate surface area is 175 Å². The van der Waals surface area contributed by atoms with Crippen molar-refractivity contribution in [1.29, 1.82) is 0 Å². The Morgan fingerprint density at radius 2 is 1.90 bits per heavy atom. The summed E-state index contributed by atoms with van der Waals surface area (Å²) in [4.78, 5) is 18.5. The van der Waals surface area contributed by atoms with Gasteiger partial charge in [0, 0.05) is 25.9 Å². The molecule has 1 aliphatic rings. The fourth-order valence-corrected chi connectivity index (χ4v) is 4.43. The fraction of sp³-hybridized carbons (Fsp3) is 0.333. The molecular formula is C21H20F3N3O2S. The number of rotatable bonds is 3. The predicted octanol–water partition coefficient (Wildman–Crippen LogP) is 5.70. The summed E-state index contributed by atoms with van der Waals surface area (Å²) in [5.41, 5.74) is 0.919. The lowest BCUT2D eigenvalue weighted by Crippen LogP contribution is -2.44. The van der Waals surface area contributed by atoms with Crippen LogP contribution in [-0.4, -0.2) is 35.1 Å². The van der Waals surface area contributed by atoms with Crippen LogP contribution in [0.25, 0.3) is 10.2 Å². The van der Waals surface area contributed by atoms with E-state index in [1.54, 1.807) is 0 Å². The molecule has 3 aromatic rings. The van der Waals surface area contributed by atoms with Crippen molar-refractivity contribution < 1.29 is 22.7 Å². The van der Waals surface area contributed by atoms with Crippen molar-refractivity contribution in [3.8, 4) is 5.19 Å². The second-order valence-electron chi connectivity index (χ2n) is 7.18. The highest BCUT2D eigenvalue weighted by molar-refractivity contribution is 7.20. The minimum absolute atomic E-state index is 0.0858. The number of alkyl halides is 3. The summed E-state index contributed by atoms with van der Waals surface area (Å²) >= 11 is 1.49. The summed E-state index contributed by atoms with van der Waals surface area (Å²) in [6.07, 6.45) is -3.44. The van der Waals surface area contributed by atoms with Gasteiger partial charge in [-0.15, -0.1) is 0 Å². The number of thiazole rings is 1. The summed E-state index contributed by atoms with van der Waals surface area (Å²) in [6.45, 7) is 2.79. The number of fused-ring (bicyclic) bond motifs is 1. The number of amides is 2. The number of para-hydroxylation sites is 2. The van der Waals surface area contributed by atoms with Crippen LogP contribution < -0.4 is 10.1 Å². The molecule has 0 aliphatic carbocycles. The highest BCUT2D eigenvalue weighted by Gasteiger charge is 2.34. The minimum Gasteiger partial charge on any atom is -0.467 e. The largest absolute Gasteiger partial charge is 0.467 e. The van der Waals surface area contributed by atoms with Gasteiger partial charge in [0.25, 0.3) is 5.19 Å². The number of ether oxygens (including phenoxy) is 1. The Bertz CT molecular complexity index is 1060. The summed E-state index contributed by atoms with van der Waals surface area (Å²) in [5, 5.41) is 2.99. The number of halogens is 3. The monoisotopic (exact) mass is 435 g/mol. The summed E-state index contributed by atoms with van der Waals surface area (Å²) in [7, 11) is 0. The third-order valence-corrected chi connectivity index (χ3v) is 5.98. The number of hydrogen-bond acceptors (Lipinski definition) is 4. The second-order valence-corrected chi connectivity index (χ2v) is 8.17. The number of carbonyl (C=O) groups is 1. The van der Waals surface area contributed by atoms with Crippen LogP contribution in [0.1, 0.15) is 24.0 Å². The van der Waals surface area contributed by atoms with Gasteiger partial charge in [0.2, 0.25) is 0 Å². The average molecular weight is 435 g/mol. The molecule has 30 heavy (non-hydrogen) atoms. The van der Waals surface area contributed by atoms with Crippen molar-refractivity contribution >= 4 is 33.3 Å².